The van der Waals surface area contributed by atoms with Gasteiger partial charge in [0.05, 0.1) is 6.42 Å². The number of ether oxygens (including phenoxy) is 1. The van der Waals surface area contributed by atoms with E-state index in [1.165, 1.54) is 18.4 Å². The van der Waals surface area contributed by atoms with Crippen LogP contribution in [0, 0.1) is 5.92 Å². The molecule has 3 rings (SSSR count). The van der Waals surface area contributed by atoms with Gasteiger partial charge in [-0.25, -0.2) is 0 Å². The summed E-state index contributed by atoms with van der Waals surface area (Å²) in [5.74, 6) is 0.779. The average Bonchev–Trinajstić information content (AvgIpc) is 2.72. The smallest absolute Gasteiger partial charge is 0.258 e. The lowest BCUT2D eigenvalue weighted by molar-refractivity contribution is -0.123. The van der Waals surface area contributed by atoms with E-state index in [1.54, 1.807) is 24.3 Å². The average molecular weight is 410 g/mol. The molecule has 1 heterocycles. The van der Waals surface area contributed by atoms with Gasteiger partial charge in [-0.15, -0.1) is 0 Å². The molecule has 1 atom stereocenters. The Balaban J connectivity index is 1.47. The minimum Gasteiger partial charge on any atom is -0.484 e. The van der Waals surface area contributed by atoms with Crippen LogP contribution < -0.4 is 15.8 Å². The fraction of sp³-hybridized carbons (Fsp3) is 0.417. The van der Waals surface area contributed by atoms with E-state index >= 15 is 0 Å². The number of primary amides is 1. The molecule has 2 amide bonds. The molecule has 6 heteroatoms. The van der Waals surface area contributed by atoms with Crippen molar-refractivity contribution in [3.63, 3.8) is 0 Å². The van der Waals surface area contributed by atoms with E-state index in [0.29, 0.717) is 12.3 Å². The number of rotatable bonds is 9. The number of amides is 2. The van der Waals surface area contributed by atoms with E-state index in [1.807, 2.05) is 6.07 Å². The van der Waals surface area contributed by atoms with Crippen molar-refractivity contribution in [1.82, 2.24) is 10.2 Å². The highest BCUT2D eigenvalue weighted by Crippen LogP contribution is 2.19. The molecule has 0 bridgehead atoms. The summed E-state index contributed by atoms with van der Waals surface area (Å²) in [4.78, 5) is 25.7. The monoisotopic (exact) mass is 409 g/mol. The summed E-state index contributed by atoms with van der Waals surface area (Å²) in [6.45, 7) is 5.93. The molecule has 3 N–H and O–H groups in total. The molecule has 0 radical (unpaired) electrons. The fourth-order valence-electron chi connectivity index (χ4n) is 3.85. The zero-order valence-electron chi connectivity index (χ0n) is 17.6. The summed E-state index contributed by atoms with van der Waals surface area (Å²) >= 11 is 0. The number of benzene rings is 2. The molecule has 1 fully saturated rings. The van der Waals surface area contributed by atoms with Crippen LogP contribution in [0.15, 0.2) is 48.5 Å². The van der Waals surface area contributed by atoms with Crippen LogP contribution in [0.5, 0.6) is 5.75 Å². The second kappa shape index (κ2) is 10.8. The number of carbonyl (C=O) groups excluding carboxylic acids is 2. The van der Waals surface area contributed by atoms with Gasteiger partial charge in [-0.1, -0.05) is 43.3 Å². The Kier molecular flexibility index (Phi) is 7.85. The molecule has 1 saturated heterocycles. The summed E-state index contributed by atoms with van der Waals surface area (Å²) in [5, 5.41) is 2.95. The maximum atomic E-state index is 12.2. The molecule has 0 spiro atoms. The lowest BCUT2D eigenvalue weighted by atomic mass is 9.99. The molecule has 0 saturated carbocycles. The van der Waals surface area contributed by atoms with Crippen LogP contribution in [0.4, 0.5) is 0 Å². The standard InChI is InChI=1S/C24H31N3O3/c1-18-5-4-12-27(15-18)16-21-7-3-2-6-20(21)14-26-24(29)17-30-22-10-8-19(9-11-22)13-23(25)28/h2-3,6-11,18H,4-5,12-17H2,1H3,(H2,25,28)(H,26,29). The van der Waals surface area contributed by atoms with Crippen LogP contribution in [0.25, 0.3) is 0 Å². The molecule has 0 aliphatic carbocycles. The molecular formula is C24H31N3O3. The largest absolute Gasteiger partial charge is 0.484 e. The Labute approximate surface area is 178 Å². The number of nitrogens with one attached hydrogen (secondary N) is 1. The zero-order valence-corrected chi connectivity index (χ0v) is 17.6. The van der Waals surface area contributed by atoms with Crippen LogP contribution >= 0.6 is 0 Å². The van der Waals surface area contributed by atoms with E-state index in [0.717, 1.165) is 36.7 Å². The van der Waals surface area contributed by atoms with Crippen LogP contribution in [0.2, 0.25) is 0 Å². The maximum Gasteiger partial charge on any atom is 0.258 e. The Morgan fingerprint density at radius 2 is 1.87 bits per heavy atom. The van der Waals surface area contributed by atoms with Gasteiger partial charge in [-0.2, -0.15) is 0 Å². The van der Waals surface area contributed by atoms with Crippen molar-refractivity contribution in [2.24, 2.45) is 11.7 Å². The van der Waals surface area contributed by atoms with Crippen molar-refractivity contribution in [2.45, 2.75) is 39.3 Å². The normalized spacial score (nSPS) is 16.8. The molecule has 2 aromatic rings. The predicted octanol–water partition coefficient (Wildman–Crippen LogP) is 2.64. The fourth-order valence-corrected chi connectivity index (χ4v) is 3.85. The molecule has 30 heavy (non-hydrogen) atoms. The van der Waals surface area contributed by atoms with E-state index < -0.39 is 0 Å². The van der Waals surface area contributed by atoms with Crippen molar-refractivity contribution >= 4 is 11.8 Å². The first-order valence-electron chi connectivity index (χ1n) is 10.6. The van der Waals surface area contributed by atoms with Crippen molar-refractivity contribution < 1.29 is 14.3 Å². The Morgan fingerprint density at radius 3 is 2.57 bits per heavy atom. The first-order chi connectivity index (χ1) is 14.5. The first-order valence-corrected chi connectivity index (χ1v) is 10.6. The van der Waals surface area contributed by atoms with E-state index in [-0.39, 0.29) is 24.8 Å². The lowest BCUT2D eigenvalue weighted by Gasteiger charge is -2.31. The predicted molar refractivity (Wildman–Crippen MR) is 117 cm³/mol. The highest BCUT2D eigenvalue weighted by Gasteiger charge is 2.17. The van der Waals surface area contributed by atoms with Crippen molar-refractivity contribution in [1.29, 1.82) is 0 Å². The Hall–Kier alpha value is -2.86. The summed E-state index contributed by atoms with van der Waals surface area (Å²) < 4.78 is 5.54. The van der Waals surface area contributed by atoms with Crippen LogP contribution in [0.1, 0.15) is 36.5 Å². The SMILES string of the molecule is CC1CCCN(Cc2ccccc2CNC(=O)COc2ccc(CC(N)=O)cc2)C1. The van der Waals surface area contributed by atoms with Gasteiger partial charge in [0.1, 0.15) is 5.75 Å². The second-order valence-electron chi connectivity index (χ2n) is 8.10. The van der Waals surface area contributed by atoms with E-state index in [4.69, 9.17) is 10.5 Å². The van der Waals surface area contributed by atoms with Crippen molar-refractivity contribution in [3.05, 3.63) is 65.2 Å². The van der Waals surface area contributed by atoms with Gasteiger partial charge < -0.3 is 15.8 Å². The molecule has 6 nitrogen and oxygen atoms in total. The number of carbonyl (C=O) groups is 2. The number of nitrogens with zero attached hydrogens (tertiary/aromatic N) is 1. The third-order valence-corrected chi connectivity index (χ3v) is 5.40. The minimum atomic E-state index is -0.377. The van der Waals surface area contributed by atoms with E-state index in [9.17, 15) is 9.59 Å². The Morgan fingerprint density at radius 1 is 1.13 bits per heavy atom. The first kappa shape index (κ1) is 21.8. The summed E-state index contributed by atoms with van der Waals surface area (Å²) in [7, 11) is 0. The molecule has 0 aromatic heterocycles. The van der Waals surface area contributed by atoms with E-state index in [2.05, 4.69) is 35.3 Å². The number of hydrogen-bond acceptors (Lipinski definition) is 4. The zero-order chi connectivity index (χ0) is 21.3. The molecule has 2 aromatic carbocycles. The second-order valence-corrected chi connectivity index (χ2v) is 8.10. The summed E-state index contributed by atoms with van der Waals surface area (Å²) in [6.07, 6.45) is 2.75. The quantitative estimate of drug-likeness (QED) is 0.667. The van der Waals surface area contributed by atoms with Gasteiger partial charge in [0.25, 0.3) is 5.91 Å². The lowest BCUT2D eigenvalue weighted by Crippen LogP contribution is -2.34. The van der Waals surface area contributed by atoms with Crippen LogP contribution in [-0.2, 0) is 29.1 Å². The van der Waals surface area contributed by atoms with Gasteiger partial charge in [-0.05, 0) is 54.1 Å². The van der Waals surface area contributed by atoms with Crippen LogP contribution in [-0.4, -0.2) is 36.4 Å². The topological polar surface area (TPSA) is 84.7 Å². The van der Waals surface area contributed by atoms with Gasteiger partial charge in [0.15, 0.2) is 6.61 Å². The minimum absolute atomic E-state index is 0.0546. The number of hydrogen-bond donors (Lipinski definition) is 2. The van der Waals surface area contributed by atoms with Gasteiger partial charge in [0, 0.05) is 19.6 Å². The molecule has 1 aliphatic rings. The number of likely N-dealkylation sites (tertiary alicyclic amines) is 1. The van der Waals surface area contributed by atoms with Crippen LogP contribution in [0.3, 0.4) is 0 Å². The summed E-state index contributed by atoms with van der Waals surface area (Å²) in [5.41, 5.74) is 8.40. The molecule has 1 aliphatic heterocycles. The van der Waals surface area contributed by atoms with Crippen molar-refractivity contribution in [3.8, 4) is 5.75 Å². The molecule has 1 unspecified atom stereocenters. The number of piperidine rings is 1. The third-order valence-electron chi connectivity index (χ3n) is 5.40. The highest BCUT2D eigenvalue weighted by molar-refractivity contribution is 5.77. The van der Waals surface area contributed by atoms with Gasteiger partial charge in [0.2, 0.25) is 5.91 Å². The maximum absolute atomic E-state index is 12.2. The molecular weight excluding hydrogens is 378 g/mol. The summed E-state index contributed by atoms with van der Waals surface area (Å²) in [6, 6.07) is 15.3. The van der Waals surface area contributed by atoms with Crippen molar-refractivity contribution in [2.75, 3.05) is 19.7 Å². The van der Waals surface area contributed by atoms with Gasteiger partial charge >= 0.3 is 0 Å². The van der Waals surface area contributed by atoms with Gasteiger partial charge in [-0.3, -0.25) is 14.5 Å². The third kappa shape index (κ3) is 6.88. The Bertz CT molecular complexity index is 851. The highest BCUT2D eigenvalue weighted by atomic mass is 16.5. The molecule has 160 valence electrons. The number of nitrogens with two attached hydrogens (primary N) is 1.